The first-order valence-corrected chi connectivity index (χ1v) is 16.1. The molecule has 0 atom stereocenters. The largest absolute Gasteiger partial charge is 0.455 e. The van der Waals surface area contributed by atoms with Gasteiger partial charge >= 0.3 is 0 Å². The molecular weight excluding hydrogens is 593 g/mol. The molecular formula is C48H30O. The lowest BCUT2D eigenvalue weighted by Crippen LogP contribution is -1.91. The Kier molecular flexibility index (Phi) is 4.53. The number of benzene rings is 9. The summed E-state index contributed by atoms with van der Waals surface area (Å²) in [5.74, 6) is 0. The summed E-state index contributed by atoms with van der Waals surface area (Å²) in [7, 11) is 0. The first-order valence-electron chi connectivity index (χ1n) is 20.6. The Morgan fingerprint density at radius 2 is 0.837 bits per heavy atom. The molecule has 0 aliphatic heterocycles. The van der Waals surface area contributed by atoms with Gasteiger partial charge in [-0.3, -0.25) is 0 Å². The van der Waals surface area contributed by atoms with Crippen molar-refractivity contribution in [2.75, 3.05) is 0 Å². The third kappa shape index (κ3) is 4.47. The van der Waals surface area contributed by atoms with Gasteiger partial charge in [-0.05, 0) is 89.6 Å². The fourth-order valence-corrected chi connectivity index (χ4v) is 7.05. The highest BCUT2D eigenvalue weighted by Gasteiger charge is 2.18. The van der Waals surface area contributed by atoms with Crippen LogP contribution >= 0.6 is 0 Å². The molecule has 1 heteroatoms. The highest BCUT2D eigenvalue weighted by atomic mass is 16.3. The van der Waals surface area contributed by atoms with Crippen molar-refractivity contribution in [3.8, 4) is 44.5 Å². The lowest BCUT2D eigenvalue weighted by atomic mass is 9.85. The summed E-state index contributed by atoms with van der Waals surface area (Å²) in [6, 6.07) is 39.3. The van der Waals surface area contributed by atoms with Gasteiger partial charge in [0.05, 0.1) is 12.3 Å². The Labute approximate surface area is 297 Å². The lowest BCUT2D eigenvalue weighted by molar-refractivity contribution is 0.673. The first-order chi connectivity index (χ1) is 28.1. The quantitative estimate of drug-likeness (QED) is 0.176. The van der Waals surface area contributed by atoms with Crippen molar-refractivity contribution in [3.63, 3.8) is 0 Å². The van der Waals surface area contributed by atoms with E-state index >= 15 is 0 Å². The summed E-state index contributed by atoms with van der Waals surface area (Å²) >= 11 is 0. The van der Waals surface area contributed by atoms with Crippen LogP contribution in [-0.4, -0.2) is 0 Å². The van der Waals surface area contributed by atoms with Gasteiger partial charge in [-0.2, -0.15) is 0 Å². The van der Waals surface area contributed by atoms with E-state index in [-0.39, 0.29) is 56.4 Å². The van der Waals surface area contributed by atoms with E-state index in [1.54, 1.807) is 0 Å². The lowest BCUT2D eigenvalue weighted by Gasteiger charge is -2.18. The first kappa shape index (κ1) is 20.0. The van der Waals surface area contributed by atoms with Gasteiger partial charge in [0.15, 0.2) is 0 Å². The average molecular weight is 632 g/mol. The van der Waals surface area contributed by atoms with Crippen LogP contribution < -0.4 is 0 Å². The Hall–Kier alpha value is -6.44. The van der Waals surface area contributed by atoms with Gasteiger partial charge in [0.1, 0.15) is 11.2 Å². The van der Waals surface area contributed by atoms with Crippen LogP contribution in [0.2, 0.25) is 0 Å². The van der Waals surface area contributed by atoms with Crippen molar-refractivity contribution in [3.05, 3.63) is 182 Å². The van der Waals surface area contributed by atoms with Gasteiger partial charge in [0.2, 0.25) is 0 Å². The van der Waals surface area contributed by atoms with Gasteiger partial charge in [-0.1, -0.05) is 164 Å². The maximum Gasteiger partial charge on any atom is 0.143 e. The molecule has 0 saturated heterocycles. The van der Waals surface area contributed by atoms with Crippen molar-refractivity contribution in [1.82, 2.24) is 0 Å². The van der Waals surface area contributed by atoms with Crippen LogP contribution in [0, 0.1) is 0 Å². The molecule has 9 aromatic carbocycles. The second-order valence-corrected chi connectivity index (χ2v) is 12.1. The fraction of sp³-hybridized carbons (Fsp3) is 0. The van der Waals surface area contributed by atoms with E-state index in [4.69, 9.17) is 12.6 Å². The number of furan rings is 1. The Morgan fingerprint density at radius 3 is 1.45 bits per heavy atom. The number of fused-ring (bicyclic) bond motifs is 7. The molecule has 10 rings (SSSR count). The predicted octanol–water partition coefficient (Wildman–Crippen LogP) is 13.7. The van der Waals surface area contributed by atoms with Crippen LogP contribution in [0.1, 0.15) is 12.3 Å². The molecule has 0 saturated carbocycles. The molecule has 0 bridgehead atoms. The van der Waals surface area contributed by atoms with Gasteiger partial charge in [0, 0.05) is 16.2 Å². The van der Waals surface area contributed by atoms with E-state index in [0.717, 1.165) is 54.9 Å². The molecule has 49 heavy (non-hydrogen) atoms. The van der Waals surface area contributed by atoms with Crippen LogP contribution in [0.3, 0.4) is 0 Å². The monoisotopic (exact) mass is 631 g/mol. The second kappa shape index (κ2) is 11.1. The summed E-state index contributed by atoms with van der Waals surface area (Å²) in [5.41, 5.74) is 6.98. The number of hydrogen-bond acceptors (Lipinski definition) is 1. The number of rotatable bonds is 4. The zero-order valence-electron chi connectivity index (χ0n) is 35.0. The molecule has 0 amide bonds. The normalized spacial score (nSPS) is 14.2. The summed E-state index contributed by atoms with van der Waals surface area (Å²) in [4.78, 5) is 0. The van der Waals surface area contributed by atoms with E-state index in [1.807, 2.05) is 66.7 Å². The standard InChI is InChI=1S/C48H30O/c1-2-10-31(11-3-1)32-18-20-33(21-19-32)34-22-24-36(25-23-34)46-40-14-6-8-16-42(40)47(43-17-9-7-15-41(43)46)37-27-28-39-44-29-26-35-12-4-5-13-38(35)48(44)49-45(39)30-37/h1-30H/i4D,5D,12D,13D,26D,27D,28D,29D,30D. The molecule has 228 valence electrons. The minimum Gasteiger partial charge on any atom is -0.455 e. The van der Waals surface area contributed by atoms with E-state index in [0.29, 0.717) is 5.56 Å². The molecule has 1 heterocycles. The molecule has 1 aromatic heterocycles. The maximum atomic E-state index is 9.63. The van der Waals surface area contributed by atoms with Gasteiger partial charge in [-0.15, -0.1) is 0 Å². The van der Waals surface area contributed by atoms with Crippen LogP contribution in [0.15, 0.2) is 186 Å². The molecule has 0 fully saturated rings. The van der Waals surface area contributed by atoms with Crippen LogP contribution in [0.4, 0.5) is 0 Å². The van der Waals surface area contributed by atoms with Crippen LogP contribution in [0.5, 0.6) is 0 Å². The smallest absolute Gasteiger partial charge is 0.143 e. The molecule has 10 aromatic rings. The van der Waals surface area contributed by atoms with Crippen molar-refractivity contribution in [1.29, 1.82) is 0 Å². The van der Waals surface area contributed by atoms with Gasteiger partial charge < -0.3 is 4.42 Å². The fourth-order valence-electron chi connectivity index (χ4n) is 7.05. The van der Waals surface area contributed by atoms with E-state index in [1.165, 1.54) is 0 Å². The highest BCUT2D eigenvalue weighted by molar-refractivity contribution is 6.22. The van der Waals surface area contributed by atoms with Crippen molar-refractivity contribution in [2.45, 2.75) is 0 Å². The van der Waals surface area contributed by atoms with Crippen LogP contribution in [0.25, 0.3) is 98.8 Å². The Bertz CT molecular complexity index is 3300. The van der Waals surface area contributed by atoms with Crippen molar-refractivity contribution < 1.29 is 16.8 Å². The second-order valence-electron chi connectivity index (χ2n) is 12.1. The predicted molar refractivity (Wildman–Crippen MR) is 208 cm³/mol. The third-order valence-corrected chi connectivity index (χ3v) is 9.37. The van der Waals surface area contributed by atoms with Crippen molar-refractivity contribution in [2.24, 2.45) is 0 Å². The molecule has 0 radical (unpaired) electrons. The Balaban J connectivity index is 1.19. The topological polar surface area (TPSA) is 13.1 Å². The van der Waals surface area contributed by atoms with E-state index in [9.17, 15) is 4.11 Å². The average Bonchev–Trinajstić information content (AvgIpc) is 3.67. The maximum absolute atomic E-state index is 9.63. The van der Waals surface area contributed by atoms with E-state index in [2.05, 4.69) is 60.7 Å². The molecule has 0 aliphatic rings. The zero-order chi connectivity index (χ0) is 40.1. The van der Waals surface area contributed by atoms with Gasteiger partial charge in [0.25, 0.3) is 0 Å². The van der Waals surface area contributed by atoms with Gasteiger partial charge in [-0.25, -0.2) is 0 Å². The molecule has 1 nitrogen and oxygen atoms in total. The highest BCUT2D eigenvalue weighted by Crippen LogP contribution is 2.45. The minimum absolute atomic E-state index is 0.0124. The van der Waals surface area contributed by atoms with Crippen molar-refractivity contribution >= 4 is 54.3 Å². The molecule has 0 unspecified atom stereocenters. The van der Waals surface area contributed by atoms with E-state index < -0.39 is 36.3 Å². The van der Waals surface area contributed by atoms with Crippen LogP contribution in [-0.2, 0) is 0 Å². The third-order valence-electron chi connectivity index (χ3n) is 9.37. The molecule has 0 N–H and O–H groups in total. The summed E-state index contributed by atoms with van der Waals surface area (Å²) in [5, 5.41) is 3.00. The Morgan fingerprint density at radius 1 is 0.347 bits per heavy atom. The SMILES string of the molecule is [2H]c1c([2H])c([2H])c2c(c1[2H])c([2H])c([2H])c1c2oc2c([2H])c(-c3c4ccccc4c(-c4ccc(-c5ccc(-c6ccccc6)cc5)cc4)c4ccccc34)c([2H])c([2H])c21. The molecule has 0 spiro atoms. The molecule has 0 aliphatic carbocycles. The number of hydrogen-bond donors (Lipinski definition) is 0. The summed E-state index contributed by atoms with van der Waals surface area (Å²) in [6.07, 6.45) is 0. The summed E-state index contributed by atoms with van der Waals surface area (Å²) < 4.78 is 86.2. The zero-order valence-corrected chi connectivity index (χ0v) is 26.0. The minimum atomic E-state index is -0.536. The summed E-state index contributed by atoms with van der Waals surface area (Å²) in [6.45, 7) is 0.